The lowest BCUT2D eigenvalue weighted by molar-refractivity contribution is 0.0680. The van der Waals surface area contributed by atoms with Crippen LogP contribution in [0.2, 0.25) is 0 Å². The van der Waals surface area contributed by atoms with Crippen molar-refractivity contribution in [3.05, 3.63) is 53.6 Å². The van der Waals surface area contributed by atoms with Crippen LogP contribution in [0, 0.1) is 0 Å². The van der Waals surface area contributed by atoms with Crippen molar-refractivity contribution in [3.63, 3.8) is 0 Å². The topological polar surface area (TPSA) is 140 Å². The summed E-state index contributed by atoms with van der Waals surface area (Å²) in [5, 5.41) is 22.5. The summed E-state index contributed by atoms with van der Waals surface area (Å²) >= 11 is 0. The van der Waals surface area contributed by atoms with Crippen molar-refractivity contribution in [2.45, 2.75) is 13.5 Å². The van der Waals surface area contributed by atoms with Gasteiger partial charge in [0, 0.05) is 25.3 Å². The van der Waals surface area contributed by atoms with Crippen molar-refractivity contribution in [2.75, 3.05) is 17.7 Å². The Morgan fingerprint density at radius 2 is 1.87 bits per heavy atom. The van der Waals surface area contributed by atoms with E-state index in [4.69, 9.17) is 4.74 Å². The van der Waals surface area contributed by atoms with Crippen molar-refractivity contribution in [1.29, 1.82) is 0 Å². The average Bonchev–Trinajstić information content (AvgIpc) is 3.31. The Morgan fingerprint density at radius 3 is 2.53 bits per heavy atom. The number of carbonyl (C=O) groups is 3. The van der Waals surface area contributed by atoms with Crippen molar-refractivity contribution in [3.8, 4) is 5.75 Å². The van der Waals surface area contributed by atoms with E-state index < -0.39 is 17.8 Å². The first-order valence-electron chi connectivity index (χ1n) is 8.93. The molecule has 1 aromatic carbocycles. The predicted molar refractivity (Wildman–Crippen MR) is 107 cm³/mol. The highest BCUT2D eigenvalue weighted by Gasteiger charge is 2.25. The number of benzene rings is 1. The van der Waals surface area contributed by atoms with Crippen LogP contribution < -0.4 is 15.4 Å². The van der Waals surface area contributed by atoms with Gasteiger partial charge in [-0.3, -0.25) is 19.0 Å². The van der Waals surface area contributed by atoms with Crippen molar-refractivity contribution >= 4 is 29.2 Å². The summed E-state index contributed by atoms with van der Waals surface area (Å²) in [6.45, 7) is 2.18. The highest BCUT2D eigenvalue weighted by molar-refractivity contribution is 6.13. The van der Waals surface area contributed by atoms with Gasteiger partial charge in [-0.1, -0.05) is 6.07 Å². The van der Waals surface area contributed by atoms with Crippen LogP contribution in [-0.4, -0.2) is 49.6 Å². The molecule has 11 heteroatoms. The lowest BCUT2D eigenvalue weighted by atomic mass is 10.2. The lowest BCUT2D eigenvalue weighted by Gasteiger charge is -2.11. The smallest absolute Gasteiger partial charge is 0.354 e. The number of carboxylic acids is 1. The van der Waals surface area contributed by atoms with E-state index >= 15 is 0 Å². The van der Waals surface area contributed by atoms with E-state index in [-0.39, 0.29) is 22.6 Å². The first-order valence-corrected chi connectivity index (χ1v) is 8.93. The molecule has 2 aromatic heterocycles. The minimum absolute atomic E-state index is 0.120. The number of carbonyl (C=O) groups excluding carboxylic acids is 2. The Balaban J connectivity index is 1.89. The second-order valence-electron chi connectivity index (χ2n) is 6.20. The second-order valence-corrected chi connectivity index (χ2v) is 6.20. The summed E-state index contributed by atoms with van der Waals surface area (Å²) in [6.07, 6.45) is 2.48. The quantitative estimate of drug-likeness (QED) is 0.538. The number of ether oxygens (including phenoxy) is 1. The van der Waals surface area contributed by atoms with Crippen molar-refractivity contribution in [2.24, 2.45) is 7.05 Å². The first-order chi connectivity index (χ1) is 14.3. The maximum absolute atomic E-state index is 12.9. The number of aromatic carboxylic acids is 1. The largest absolute Gasteiger partial charge is 0.497 e. The van der Waals surface area contributed by atoms with Gasteiger partial charge in [0.25, 0.3) is 11.8 Å². The Bertz CT molecular complexity index is 1120. The highest BCUT2D eigenvalue weighted by Crippen LogP contribution is 2.21. The molecule has 3 rings (SSSR count). The molecule has 3 aromatic rings. The lowest BCUT2D eigenvalue weighted by Crippen LogP contribution is -2.22. The van der Waals surface area contributed by atoms with Gasteiger partial charge in [0.15, 0.2) is 5.69 Å². The van der Waals surface area contributed by atoms with Crippen LogP contribution in [0.4, 0.5) is 11.4 Å². The molecule has 11 nitrogen and oxygen atoms in total. The molecule has 0 bridgehead atoms. The zero-order valence-corrected chi connectivity index (χ0v) is 16.5. The molecule has 0 unspecified atom stereocenters. The Morgan fingerprint density at radius 1 is 1.10 bits per heavy atom. The van der Waals surface area contributed by atoms with Crippen LogP contribution in [0.5, 0.6) is 5.75 Å². The number of nitrogens with one attached hydrogen (secondary N) is 2. The van der Waals surface area contributed by atoms with Gasteiger partial charge in [-0.15, -0.1) is 0 Å². The predicted octanol–water partition coefficient (Wildman–Crippen LogP) is 1.85. The first kappa shape index (κ1) is 20.6. The van der Waals surface area contributed by atoms with Crippen LogP contribution in [0.15, 0.2) is 36.7 Å². The van der Waals surface area contributed by atoms with E-state index in [0.717, 1.165) is 10.9 Å². The van der Waals surface area contributed by atoms with Crippen LogP contribution in [0.3, 0.4) is 0 Å². The summed E-state index contributed by atoms with van der Waals surface area (Å²) < 4.78 is 7.66. The molecule has 30 heavy (non-hydrogen) atoms. The normalized spacial score (nSPS) is 10.5. The summed E-state index contributed by atoms with van der Waals surface area (Å²) in [5.74, 6) is -1.93. The van der Waals surface area contributed by atoms with Crippen LogP contribution >= 0.6 is 0 Å². The molecular weight excluding hydrogens is 392 g/mol. The molecular formula is C19H20N6O5. The molecule has 0 aliphatic carbocycles. The molecule has 0 saturated carbocycles. The number of methoxy groups -OCH3 is 1. The number of carboxylic acid groups (broad SMARTS) is 1. The SMILES string of the molecule is CCn1ncc(NC(=O)c2cnn(C)c2C(=O)O)c1C(=O)Nc1cccc(OC)c1. The molecule has 0 radical (unpaired) electrons. The molecule has 0 spiro atoms. The Hall–Kier alpha value is -4.15. The zero-order chi connectivity index (χ0) is 21.8. The average molecular weight is 412 g/mol. The Labute approximate surface area is 171 Å². The summed E-state index contributed by atoms with van der Waals surface area (Å²) in [6, 6.07) is 6.81. The number of nitrogens with zero attached hydrogens (tertiary/aromatic N) is 4. The molecule has 156 valence electrons. The highest BCUT2D eigenvalue weighted by atomic mass is 16.5. The molecule has 0 atom stereocenters. The Kier molecular flexibility index (Phi) is 5.81. The molecule has 2 amide bonds. The van der Waals surface area contributed by atoms with Crippen molar-refractivity contribution in [1.82, 2.24) is 19.6 Å². The van der Waals surface area contributed by atoms with E-state index in [1.165, 1.54) is 25.0 Å². The second kappa shape index (κ2) is 8.47. The number of hydrogen-bond donors (Lipinski definition) is 3. The minimum atomic E-state index is -1.29. The van der Waals surface area contributed by atoms with Crippen molar-refractivity contribution < 1.29 is 24.2 Å². The maximum atomic E-state index is 12.9. The molecule has 3 N–H and O–H groups in total. The van der Waals surface area contributed by atoms with E-state index in [1.54, 1.807) is 31.2 Å². The molecule has 0 aliphatic heterocycles. The maximum Gasteiger partial charge on any atom is 0.354 e. The fraction of sp³-hybridized carbons (Fsp3) is 0.211. The number of aryl methyl sites for hydroxylation is 2. The van der Waals surface area contributed by atoms with E-state index in [9.17, 15) is 19.5 Å². The molecule has 0 aliphatic rings. The van der Waals surface area contributed by atoms with Gasteiger partial charge >= 0.3 is 5.97 Å². The van der Waals surface area contributed by atoms with Crippen LogP contribution in [-0.2, 0) is 13.6 Å². The fourth-order valence-electron chi connectivity index (χ4n) is 2.89. The van der Waals surface area contributed by atoms with Gasteiger partial charge in [-0.25, -0.2) is 4.79 Å². The van der Waals surface area contributed by atoms with Gasteiger partial charge in [0.2, 0.25) is 0 Å². The van der Waals surface area contributed by atoms with Gasteiger partial charge in [0.05, 0.1) is 30.8 Å². The minimum Gasteiger partial charge on any atom is -0.497 e. The fourth-order valence-corrected chi connectivity index (χ4v) is 2.89. The van der Waals surface area contributed by atoms with E-state index in [0.29, 0.717) is 18.0 Å². The monoisotopic (exact) mass is 412 g/mol. The zero-order valence-electron chi connectivity index (χ0n) is 16.5. The third kappa shape index (κ3) is 3.99. The van der Waals surface area contributed by atoms with Crippen LogP contribution in [0.1, 0.15) is 38.3 Å². The third-order valence-electron chi connectivity index (χ3n) is 4.32. The molecule has 2 heterocycles. The summed E-state index contributed by atoms with van der Waals surface area (Å²) in [5.41, 5.74) is 0.365. The van der Waals surface area contributed by atoms with Gasteiger partial charge in [-0.05, 0) is 19.1 Å². The van der Waals surface area contributed by atoms with Gasteiger partial charge in [-0.2, -0.15) is 10.2 Å². The molecule has 0 saturated heterocycles. The van der Waals surface area contributed by atoms with Crippen LogP contribution in [0.25, 0.3) is 0 Å². The van der Waals surface area contributed by atoms with E-state index in [1.807, 2.05) is 0 Å². The summed E-state index contributed by atoms with van der Waals surface area (Å²) in [4.78, 5) is 37.0. The third-order valence-corrected chi connectivity index (χ3v) is 4.32. The number of anilines is 2. The van der Waals surface area contributed by atoms with E-state index in [2.05, 4.69) is 20.8 Å². The number of amides is 2. The number of hydrogen-bond acceptors (Lipinski definition) is 6. The van der Waals surface area contributed by atoms with Gasteiger partial charge in [0.1, 0.15) is 11.4 Å². The standard InChI is InChI=1S/C19H20N6O5/c1-4-25-16(18(27)22-11-6-5-7-12(8-11)30-3)14(10-21-25)23-17(26)13-9-20-24(2)15(13)19(28)29/h5-10H,4H2,1-3H3,(H,22,27)(H,23,26)(H,28,29). The number of rotatable bonds is 7. The summed E-state index contributed by atoms with van der Waals surface area (Å²) in [7, 11) is 2.94. The van der Waals surface area contributed by atoms with Gasteiger partial charge < -0.3 is 20.5 Å². The number of aromatic nitrogens is 4. The molecule has 0 fully saturated rings.